The van der Waals surface area contributed by atoms with E-state index in [1.54, 1.807) is 0 Å². The van der Waals surface area contributed by atoms with Crippen molar-refractivity contribution in [1.29, 1.82) is 0 Å². The normalized spacial score (nSPS) is 21.1. The zero-order chi connectivity index (χ0) is 16.8. The van der Waals surface area contributed by atoms with Gasteiger partial charge in [0.05, 0.1) is 29.3 Å². The first kappa shape index (κ1) is 15.1. The van der Waals surface area contributed by atoms with E-state index in [0.29, 0.717) is 6.04 Å². The molecule has 2 aromatic heterocycles. The predicted octanol–water partition coefficient (Wildman–Crippen LogP) is 3.51. The van der Waals surface area contributed by atoms with Gasteiger partial charge in [0.1, 0.15) is 11.6 Å². The summed E-state index contributed by atoms with van der Waals surface area (Å²) in [5, 5.41) is 0. The highest BCUT2D eigenvalue weighted by Crippen LogP contribution is 2.33. The lowest BCUT2D eigenvalue weighted by molar-refractivity contribution is 0.233. The fraction of sp³-hybridized carbons (Fsp3) is 0.500. The molecule has 0 amide bonds. The standard InChI is InChI=1S/C20H25N5/c1-24-17-10-5-4-9-16(17)21-19(24)13-25-12-6-11-18(25)20-22-14-7-2-3-8-15(14)23-20/h4-5,9-10,18H,2-3,6-8,11-13H2,1H3,(H,22,23)/t18-/m0/s1. The largest absolute Gasteiger partial charge is 0.344 e. The Labute approximate surface area is 148 Å². The molecule has 5 rings (SSSR count). The Balaban J connectivity index is 1.42. The van der Waals surface area contributed by atoms with Gasteiger partial charge in [-0.1, -0.05) is 12.1 Å². The van der Waals surface area contributed by atoms with E-state index in [1.807, 2.05) is 0 Å². The average Bonchev–Trinajstić information content (AvgIpc) is 3.33. The molecule has 0 bridgehead atoms. The summed E-state index contributed by atoms with van der Waals surface area (Å²) in [5.41, 5.74) is 5.00. The molecule has 5 heteroatoms. The smallest absolute Gasteiger partial charge is 0.124 e. The number of aromatic nitrogens is 4. The first-order valence-electron chi connectivity index (χ1n) is 9.51. The molecule has 5 nitrogen and oxygen atoms in total. The molecule has 1 aliphatic carbocycles. The summed E-state index contributed by atoms with van der Waals surface area (Å²) in [6.45, 7) is 2.01. The number of nitrogens with zero attached hydrogens (tertiary/aromatic N) is 4. The van der Waals surface area contributed by atoms with Crippen molar-refractivity contribution in [2.24, 2.45) is 7.05 Å². The van der Waals surface area contributed by atoms with E-state index in [9.17, 15) is 0 Å². The van der Waals surface area contributed by atoms with Gasteiger partial charge in [0.25, 0.3) is 0 Å². The molecule has 25 heavy (non-hydrogen) atoms. The number of H-pyrrole nitrogens is 1. The molecule has 1 aliphatic heterocycles. The Bertz CT molecular complexity index is 883. The second kappa shape index (κ2) is 5.99. The summed E-state index contributed by atoms with van der Waals surface area (Å²) in [4.78, 5) is 16.0. The molecule has 3 heterocycles. The third-order valence-electron chi connectivity index (χ3n) is 5.88. The fourth-order valence-electron chi connectivity index (χ4n) is 4.48. The van der Waals surface area contributed by atoms with Crippen molar-refractivity contribution in [3.63, 3.8) is 0 Å². The molecule has 130 valence electrons. The number of benzene rings is 1. The Morgan fingerprint density at radius 1 is 1.12 bits per heavy atom. The Morgan fingerprint density at radius 3 is 2.88 bits per heavy atom. The van der Waals surface area contributed by atoms with E-state index in [0.717, 1.165) is 30.9 Å². The highest BCUT2D eigenvalue weighted by molar-refractivity contribution is 5.75. The zero-order valence-corrected chi connectivity index (χ0v) is 14.8. The SMILES string of the molecule is Cn1c(CN2CCC[C@H]2c2nc3c([nH]2)CCCC3)nc2ccccc21. The van der Waals surface area contributed by atoms with Crippen molar-refractivity contribution in [2.75, 3.05) is 6.54 Å². The minimum atomic E-state index is 0.408. The van der Waals surface area contributed by atoms with Gasteiger partial charge >= 0.3 is 0 Å². The van der Waals surface area contributed by atoms with Crippen LogP contribution in [0.2, 0.25) is 0 Å². The van der Waals surface area contributed by atoms with Crippen molar-refractivity contribution in [3.05, 3.63) is 47.3 Å². The molecule has 2 aliphatic rings. The van der Waals surface area contributed by atoms with Gasteiger partial charge in [0, 0.05) is 12.7 Å². The van der Waals surface area contributed by atoms with Crippen molar-refractivity contribution >= 4 is 11.0 Å². The van der Waals surface area contributed by atoms with Gasteiger partial charge in [-0.15, -0.1) is 0 Å². The topological polar surface area (TPSA) is 49.7 Å². The van der Waals surface area contributed by atoms with Crippen LogP contribution in [0.25, 0.3) is 11.0 Å². The number of rotatable bonds is 3. The number of hydrogen-bond acceptors (Lipinski definition) is 3. The molecule has 1 aromatic carbocycles. The molecule has 1 fully saturated rings. The number of imidazole rings is 2. The quantitative estimate of drug-likeness (QED) is 0.797. The minimum Gasteiger partial charge on any atom is -0.344 e. The lowest BCUT2D eigenvalue weighted by Crippen LogP contribution is -2.25. The van der Waals surface area contributed by atoms with Gasteiger partial charge in [-0.2, -0.15) is 0 Å². The maximum Gasteiger partial charge on any atom is 0.124 e. The maximum absolute atomic E-state index is 4.97. The van der Waals surface area contributed by atoms with Crippen molar-refractivity contribution in [2.45, 2.75) is 51.1 Å². The predicted molar refractivity (Wildman–Crippen MR) is 98.3 cm³/mol. The third-order valence-corrected chi connectivity index (χ3v) is 5.88. The minimum absolute atomic E-state index is 0.408. The number of aromatic amines is 1. The monoisotopic (exact) mass is 335 g/mol. The van der Waals surface area contributed by atoms with Gasteiger partial charge in [0.2, 0.25) is 0 Å². The first-order valence-corrected chi connectivity index (χ1v) is 9.51. The summed E-state index contributed by atoms with van der Waals surface area (Å²) in [7, 11) is 2.13. The van der Waals surface area contributed by atoms with E-state index < -0.39 is 0 Å². The van der Waals surface area contributed by atoms with Crippen molar-refractivity contribution < 1.29 is 0 Å². The Kier molecular flexibility index (Phi) is 3.63. The summed E-state index contributed by atoms with van der Waals surface area (Å²) in [6, 6.07) is 8.80. The van der Waals surface area contributed by atoms with Crippen LogP contribution < -0.4 is 0 Å². The molecule has 0 radical (unpaired) electrons. The molecule has 1 N–H and O–H groups in total. The van der Waals surface area contributed by atoms with Crippen LogP contribution in [0.15, 0.2) is 24.3 Å². The van der Waals surface area contributed by atoms with E-state index in [4.69, 9.17) is 9.97 Å². The van der Waals surface area contributed by atoms with Gasteiger partial charge in [-0.25, -0.2) is 9.97 Å². The summed E-state index contributed by atoms with van der Waals surface area (Å²) in [6.07, 6.45) is 7.31. The molecule has 0 spiro atoms. The van der Waals surface area contributed by atoms with Gasteiger partial charge in [-0.3, -0.25) is 4.90 Å². The van der Waals surface area contributed by atoms with Crippen LogP contribution in [0.4, 0.5) is 0 Å². The van der Waals surface area contributed by atoms with Gasteiger partial charge in [-0.05, 0) is 57.2 Å². The number of fused-ring (bicyclic) bond motifs is 2. The number of aryl methyl sites for hydroxylation is 3. The van der Waals surface area contributed by atoms with Crippen LogP contribution in [0.5, 0.6) is 0 Å². The highest BCUT2D eigenvalue weighted by Gasteiger charge is 2.30. The van der Waals surface area contributed by atoms with E-state index in [-0.39, 0.29) is 0 Å². The zero-order valence-electron chi connectivity index (χ0n) is 14.8. The van der Waals surface area contributed by atoms with Crippen LogP contribution in [0.1, 0.15) is 54.8 Å². The average molecular weight is 335 g/mol. The van der Waals surface area contributed by atoms with Crippen LogP contribution in [-0.2, 0) is 26.4 Å². The summed E-state index contributed by atoms with van der Waals surface area (Å²) >= 11 is 0. The molecule has 0 saturated carbocycles. The number of hydrogen-bond donors (Lipinski definition) is 1. The molecule has 1 saturated heterocycles. The first-order chi connectivity index (χ1) is 12.3. The second-order valence-corrected chi connectivity index (χ2v) is 7.46. The van der Waals surface area contributed by atoms with E-state index in [1.165, 1.54) is 54.8 Å². The lowest BCUT2D eigenvalue weighted by atomic mass is 10.0. The highest BCUT2D eigenvalue weighted by atomic mass is 15.2. The molecule has 3 aromatic rings. The van der Waals surface area contributed by atoms with E-state index >= 15 is 0 Å². The van der Waals surface area contributed by atoms with Crippen molar-refractivity contribution in [1.82, 2.24) is 24.4 Å². The molecular weight excluding hydrogens is 310 g/mol. The number of nitrogens with one attached hydrogen (secondary N) is 1. The summed E-state index contributed by atoms with van der Waals surface area (Å²) < 4.78 is 2.23. The van der Waals surface area contributed by atoms with E-state index in [2.05, 4.69) is 45.8 Å². The Hall–Kier alpha value is -2.14. The van der Waals surface area contributed by atoms with Crippen LogP contribution in [0, 0.1) is 0 Å². The molecule has 0 unspecified atom stereocenters. The van der Waals surface area contributed by atoms with Gasteiger partial charge < -0.3 is 9.55 Å². The van der Waals surface area contributed by atoms with Crippen molar-refractivity contribution in [3.8, 4) is 0 Å². The van der Waals surface area contributed by atoms with Crippen LogP contribution in [0.3, 0.4) is 0 Å². The van der Waals surface area contributed by atoms with Crippen LogP contribution in [-0.4, -0.2) is 31.0 Å². The Morgan fingerprint density at radius 2 is 2.00 bits per heavy atom. The number of para-hydroxylation sites is 2. The van der Waals surface area contributed by atoms with Gasteiger partial charge in [0.15, 0.2) is 0 Å². The third kappa shape index (κ3) is 2.58. The molecule has 1 atom stereocenters. The number of likely N-dealkylation sites (tertiary alicyclic amines) is 1. The fourth-order valence-corrected chi connectivity index (χ4v) is 4.48. The maximum atomic E-state index is 4.97. The second-order valence-electron chi connectivity index (χ2n) is 7.46. The molecular formula is C20H25N5. The van der Waals surface area contributed by atoms with Crippen LogP contribution >= 0.6 is 0 Å². The summed E-state index contributed by atoms with van der Waals surface area (Å²) in [5.74, 6) is 2.33. The lowest BCUT2D eigenvalue weighted by Gasteiger charge is -2.22.